The first-order valence-electron chi connectivity index (χ1n) is 12.0. The molecule has 4 aromatic rings. The molecule has 4 nitrogen and oxygen atoms in total. The van der Waals surface area contributed by atoms with E-state index in [2.05, 4.69) is 26.0 Å². The Bertz CT molecular complexity index is 1240. The van der Waals surface area contributed by atoms with Gasteiger partial charge < -0.3 is 10.2 Å². The van der Waals surface area contributed by atoms with Crippen molar-refractivity contribution in [2.45, 2.75) is 51.4 Å². The van der Waals surface area contributed by atoms with Gasteiger partial charge in [-0.1, -0.05) is 30.7 Å². The number of benzene rings is 2. The molecule has 0 unspecified atom stereocenters. The van der Waals surface area contributed by atoms with Gasteiger partial charge in [-0.2, -0.15) is 0 Å². The molecule has 0 radical (unpaired) electrons. The average Bonchev–Trinajstić information content (AvgIpc) is 2.84. The predicted octanol–water partition coefficient (Wildman–Crippen LogP) is 6.82. The number of hydrogen-bond donors (Lipinski definition) is 2. The standard InChI is InChI=1S/C30H30N2O2/c1-30(2)28-12-6-10-24(31-28)22-16-14-20(18-26(22)33)8-4-3-5-9-21-15-17-23(27(34)19-21)25-11-7-13-29(30)32-25/h6-7,10-19,33-34H,3-5,8-9H2,1-2H3. The summed E-state index contributed by atoms with van der Waals surface area (Å²) in [5.41, 5.74) is 6.49. The number of aromatic nitrogens is 2. The Kier molecular flexibility index (Phi) is 5.82. The molecule has 2 aromatic heterocycles. The molecular formula is C30H30N2O2. The van der Waals surface area contributed by atoms with Gasteiger partial charge in [0.2, 0.25) is 0 Å². The fourth-order valence-corrected chi connectivity index (χ4v) is 4.73. The third-order valence-electron chi connectivity index (χ3n) is 6.89. The molecular weight excluding hydrogens is 420 g/mol. The predicted molar refractivity (Wildman–Crippen MR) is 136 cm³/mol. The summed E-state index contributed by atoms with van der Waals surface area (Å²) in [5, 5.41) is 21.5. The second kappa shape index (κ2) is 8.94. The Morgan fingerprint density at radius 3 is 1.53 bits per heavy atom. The Balaban J connectivity index is 1.63. The minimum atomic E-state index is -0.474. The van der Waals surface area contributed by atoms with E-state index in [-0.39, 0.29) is 11.5 Å². The van der Waals surface area contributed by atoms with E-state index < -0.39 is 5.41 Å². The Morgan fingerprint density at radius 2 is 1.09 bits per heavy atom. The van der Waals surface area contributed by atoms with Gasteiger partial charge in [0.1, 0.15) is 11.5 Å². The third-order valence-corrected chi connectivity index (χ3v) is 6.89. The molecule has 34 heavy (non-hydrogen) atoms. The van der Waals surface area contributed by atoms with Gasteiger partial charge in [-0.3, -0.25) is 9.97 Å². The maximum Gasteiger partial charge on any atom is 0.125 e. The molecule has 6 heterocycles. The van der Waals surface area contributed by atoms with Crippen molar-refractivity contribution in [3.63, 3.8) is 0 Å². The number of aryl methyl sites for hydroxylation is 2. The summed E-state index contributed by atoms with van der Waals surface area (Å²) >= 11 is 0. The average molecular weight is 451 g/mol. The number of phenolic OH excluding ortho intramolecular Hbond substituents is 2. The van der Waals surface area contributed by atoms with Crippen LogP contribution in [0.2, 0.25) is 0 Å². The van der Waals surface area contributed by atoms with Crippen molar-refractivity contribution in [3.05, 3.63) is 95.3 Å². The van der Waals surface area contributed by atoms with Crippen LogP contribution in [0.3, 0.4) is 0 Å². The van der Waals surface area contributed by atoms with Crippen LogP contribution < -0.4 is 0 Å². The van der Waals surface area contributed by atoms with Gasteiger partial charge in [-0.05, 0) is 99.2 Å². The van der Waals surface area contributed by atoms with E-state index in [0.29, 0.717) is 0 Å². The van der Waals surface area contributed by atoms with E-state index in [9.17, 15) is 10.2 Å². The first-order valence-corrected chi connectivity index (χ1v) is 12.0. The van der Waals surface area contributed by atoms with Gasteiger partial charge >= 0.3 is 0 Å². The number of nitrogens with zero attached hydrogens (tertiary/aromatic N) is 2. The molecule has 8 bridgehead atoms. The summed E-state index contributed by atoms with van der Waals surface area (Å²) in [6.45, 7) is 4.20. The van der Waals surface area contributed by atoms with Crippen LogP contribution in [0.1, 0.15) is 55.6 Å². The quantitative estimate of drug-likeness (QED) is 0.309. The third kappa shape index (κ3) is 4.28. The smallest absolute Gasteiger partial charge is 0.125 e. The Morgan fingerprint density at radius 1 is 0.618 bits per heavy atom. The highest BCUT2D eigenvalue weighted by atomic mass is 16.3. The van der Waals surface area contributed by atoms with Crippen LogP contribution in [0.25, 0.3) is 22.5 Å². The number of pyridine rings is 2. The number of hydrogen-bond acceptors (Lipinski definition) is 4. The first kappa shape index (κ1) is 22.1. The summed E-state index contributed by atoms with van der Waals surface area (Å²) in [4.78, 5) is 9.87. The molecule has 0 aliphatic carbocycles. The lowest BCUT2D eigenvalue weighted by atomic mass is 9.84. The fraction of sp³-hybridized carbons (Fsp3) is 0.267. The molecule has 0 atom stereocenters. The largest absolute Gasteiger partial charge is 0.507 e. The molecule has 172 valence electrons. The molecule has 4 aliphatic rings. The molecule has 0 spiro atoms. The van der Waals surface area contributed by atoms with Crippen molar-refractivity contribution >= 4 is 0 Å². The summed E-state index contributed by atoms with van der Waals surface area (Å²) in [6.07, 6.45) is 5.06. The summed E-state index contributed by atoms with van der Waals surface area (Å²) < 4.78 is 0. The zero-order valence-corrected chi connectivity index (χ0v) is 19.8. The monoisotopic (exact) mass is 450 g/mol. The van der Waals surface area contributed by atoms with Crippen LogP contribution in [-0.4, -0.2) is 20.2 Å². The zero-order valence-electron chi connectivity index (χ0n) is 19.8. The van der Waals surface area contributed by atoms with Crippen molar-refractivity contribution in [2.75, 3.05) is 0 Å². The highest BCUT2D eigenvalue weighted by Gasteiger charge is 2.27. The summed E-state index contributed by atoms with van der Waals surface area (Å²) in [7, 11) is 0. The van der Waals surface area contributed by atoms with E-state index in [1.165, 1.54) is 0 Å². The van der Waals surface area contributed by atoms with Gasteiger partial charge in [0.05, 0.1) is 22.8 Å². The van der Waals surface area contributed by atoms with Crippen molar-refractivity contribution in [1.29, 1.82) is 0 Å². The van der Waals surface area contributed by atoms with Crippen LogP contribution in [0.4, 0.5) is 0 Å². The lowest BCUT2D eigenvalue weighted by Gasteiger charge is -2.25. The molecule has 0 saturated heterocycles. The maximum absolute atomic E-state index is 10.8. The molecule has 0 saturated carbocycles. The van der Waals surface area contributed by atoms with Crippen molar-refractivity contribution in [2.24, 2.45) is 0 Å². The molecule has 8 rings (SSSR count). The fourth-order valence-electron chi connectivity index (χ4n) is 4.73. The van der Waals surface area contributed by atoms with Gasteiger partial charge in [0.25, 0.3) is 0 Å². The SMILES string of the molecule is CC1(C)c2cccc(n2)-c2ccc(cc2O)CCCCCc2ccc(c(O)c2)-c2cccc1n2. The van der Waals surface area contributed by atoms with E-state index in [4.69, 9.17) is 9.97 Å². The van der Waals surface area contributed by atoms with Gasteiger partial charge in [-0.15, -0.1) is 0 Å². The number of aromatic hydroxyl groups is 2. The first-order chi connectivity index (χ1) is 16.4. The van der Waals surface area contributed by atoms with Crippen molar-refractivity contribution in [1.82, 2.24) is 9.97 Å². The van der Waals surface area contributed by atoms with Crippen LogP contribution in [0.5, 0.6) is 11.5 Å². The van der Waals surface area contributed by atoms with E-state index in [1.54, 1.807) is 0 Å². The lowest BCUT2D eigenvalue weighted by Crippen LogP contribution is -2.22. The van der Waals surface area contributed by atoms with Crippen LogP contribution in [0.15, 0.2) is 72.8 Å². The van der Waals surface area contributed by atoms with E-state index >= 15 is 0 Å². The normalized spacial score (nSPS) is 15.2. The van der Waals surface area contributed by atoms with Crippen LogP contribution in [0, 0.1) is 0 Å². The lowest BCUT2D eigenvalue weighted by molar-refractivity contribution is 0.476. The second-order valence-electron chi connectivity index (χ2n) is 9.70. The molecule has 0 amide bonds. The molecule has 4 aliphatic heterocycles. The minimum absolute atomic E-state index is 0.268. The number of rotatable bonds is 0. The zero-order chi connectivity index (χ0) is 23.7. The van der Waals surface area contributed by atoms with Gasteiger partial charge in [0.15, 0.2) is 0 Å². The van der Waals surface area contributed by atoms with E-state index in [0.717, 1.165) is 77.1 Å². The number of phenols is 2. The molecule has 2 aromatic carbocycles. The van der Waals surface area contributed by atoms with E-state index in [1.807, 2.05) is 60.7 Å². The maximum atomic E-state index is 10.8. The van der Waals surface area contributed by atoms with Crippen molar-refractivity contribution in [3.8, 4) is 34.0 Å². The minimum Gasteiger partial charge on any atom is -0.507 e. The van der Waals surface area contributed by atoms with Gasteiger partial charge in [0, 0.05) is 16.5 Å². The second-order valence-corrected chi connectivity index (χ2v) is 9.70. The molecule has 2 N–H and O–H groups in total. The Hall–Kier alpha value is -3.66. The highest BCUT2D eigenvalue weighted by molar-refractivity contribution is 5.69. The van der Waals surface area contributed by atoms with Gasteiger partial charge in [-0.25, -0.2) is 0 Å². The van der Waals surface area contributed by atoms with Crippen molar-refractivity contribution < 1.29 is 10.2 Å². The molecule has 4 heteroatoms. The summed E-state index contributed by atoms with van der Waals surface area (Å²) in [6, 6.07) is 23.7. The topological polar surface area (TPSA) is 66.2 Å². The highest BCUT2D eigenvalue weighted by Crippen LogP contribution is 2.36. The Labute approximate surface area is 201 Å². The van der Waals surface area contributed by atoms with Crippen LogP contribution in [-0.2, 0) is 18.3 Å². The summed E-state index contributed by atoms with van der Waals surface area (Å²) in [5.74, 6) is 0.536. The van der Waals surface area contributed by atoms with Crippen LogP contribution >= 0.6 is 0 Å². The molecule has 0 fully saturated rings.